The molecule has 0 aliphatic carbocycles. The molecule has 0 saturated carbocycles. The number of thioether (sulfide) groups is 1. The fourth-order valence-electron chi connectivity index (χ4n) is 4.38. The highest BCUT2D eigenvalue weighted by molar-refractivity contribution is 8.00. The second-order valence-corrected chi connectivity index (χ2v) is 10.8. The lowest BCUT2D eigenvalue weighted by Gasteiger charge is -2.16. The Balaban J connectivity index is 0.00000481. The van der Waals surface area contributed by atoms with Gasteiger partial charge in [-0.1, -0.05) is 18.6 Å². The molecular weight excluding hydrogens is 534 g/mol. The van der Waals surface area contributed by atoms with Crippen LogP contribution >= 0.6 is 36.8 Å². The molecule has 208 valence electrons. The Kier molecular flexibility index (Phi) is 14.3. The van der Waals surface area contributed by atoms with Gasteiger partial charge in [-0.2, -0.15) is 24.4 Å². The number of ether oxygens (including phenoxy) is 1. The fraction of sp³-hybridized carbons (Fsp3) is 0.640. The molecule has 4 amide bonds. The lowest BCUT2D eigenvalue weighted by molar-refractivity contribution is -0.123. The highest BCUT2D eigenvalue weighted by Crippen LogP contribution is 2.33. The standard InChI is InChI=1S/C25H39N5O4S2.ClH/c26-19(24(32)28-13-14-34-18-10-8-17(15-35)9-11-18)5-3-4-12-27-22(31)7-2-1-6-21-23-20(16-36-21)29-25(33)30-23;/h8-11,19-21,23,35H,1-7,12-16,26H2,(H,27,31)(H,28,32)(H2,29,30,33);1H/t19-,20+,21+,23+;/m1./s1. The second-order valence-electron chi connectivity index (χ2n) is 9.26. The molecule has 0 radical (unpaired) electrons. The Morgan fingerprint density at radius 3 is 2.65 bits per heavy atom. The van der Waals surface area contributed by atoms with E-state index < -0.39 is 6.04 Å². The van der Waals surface area contributed by atoms with E-state index in [2.05, 4.69) is 33.9 Å². The van der Waals surface area contributed by atoms with Crippen molar-refractivity contribution in [3.8, 4) is 5.75 Å². The molecule has 0 unspecified atom stereocenters. The minimum absolute atomic E-state index is 0. The van der Waals surface area contributed by atoms with E-state index in [-0.39, 0.29) is 42.3 Å². The van der Waals surface area contributed by atoms with E-state index in [9.17, 15) is 14.4 Å². The van der Waals surface area contributed by atoms with Crippen molar-refractivity contribution in [2.75, 3.05) is 25.4 Å². The number of unbranched alkanes of at least 4 members (excludes halogenated alkanes) is 2. The SMILES string of the molecule is Cl.N[C@H](CCCCNC(=O)CCCC[C@@H]1SC[C@@H]2NC(=O)N[C@@H]21)C(=O)NCCOc1ccc(CS)cc1. The Hall–Kier alpha value is -1.82. The number of halogens is 1. The zero-order chi connectivity index (χ0) is 25.8. The van der Waals surface area contributed by atoms with Crippen molar-refractivity contribution in [3.05, 3.63) is 29.8 Å². The zero-order valence-electron chi connectivity index (χ0n) is 21.1. The average molecular weight is 574 g/mol. The van der Waals surface area contributed by atoms with Crippen LogP contribution in [-0.2, 0) is 15.3 Å². The molecule has 3 rings (SSSR count). The number of benzene rings is 1. The third-order valence-corrected chi connectivity index (χ3v) is 8.33. The Bertz CT molecular complexity index is 864. The molecule has 9 nitrogen and oxygen atoms in total. The second kappa shape index (κ2) is 16.9. The van der Waals surface area contributed by atoms with Crippen molar-refractivity contribution in [3.63, 3.8) is 0 Å². The van der Waals surface area contributed by atoms with Gasteiger partial charge >= 0.3 is 6.03 Å². The molecule has 2 aliphatic rings. The van der Waals surface area contributed by atoms with E-state index in [1.165, 1.54) is 0 Å². The predicted octanol–water partition coefficient (Wildman–Crippen LogP) is 2.37. The van der Waals surface area contributed by atoms with Crippen LogP contribution in [0.25, 0.3) is 0 Å². The van der Waals surface area contributed by atoms with Crippen LogP contribution in [0, 0.1) is 0 Å². The van der Waals surface area contributed by atoms with E-state index in [1.807, 2.05) is 36.0 Å². The number of fused-ring (bicyclic) bond motifs is 1. The Morgan fingerprint density at radius 2 is 1.89 bits per heavy atom. The molecule has 2 saturated heterocycles. The Labute approximate surface area is 235 Å². The summed E-state index contributed by atoms with van der Waals surface area (Å²) in [5.74, 6) is 2.27. The van der Waals surface area contributed by atoms with Crippen LogP contribution in [0.4, 0.5) is 4.79 Å². The summed E-state index contributed by atoms with van der Waals surface area (Å²) in [5, 5.41) is 12.1. The molecule has 0 spiro atoms. The van der Waals surface area contributed by atoms with Crippen molar-refractivity contribution >= 4 is 54.6 Å². The predicted molar refractivity (Wildman–Crippen MR) is 154 cm³/mol. The van der Waals surface area contributed by atoms with Crippen LogP contribution in [0.2, 0.25) is 0 Å². The molecule has 2 heterocycles. The third kappa shape index (κ3) is 10.8. The summed E-state index contributed by atoms with van der Waals surface area (Å²) in [6.07, 6.45) is 5.46. The monoisotopic (exact) mass is 573 g/mol. The number of nitrogens with two attached hydrogens (primary N) is 1. The minimum atomic E-state index is -0.566. The van der Waals surface area contributed by atoms with E-state index in [4.69, 9.17) is 10.5 Å². The van der Waals surface area contributed by atoms with Gasteiger partial charge in [0.15, 0.2) is 0 Å². The maximum absolute atomic E-state index is 12.1. The van der Waals surface area contributed by atoms with Crippen LogP contribution in [-0.4, -0.2) is 66.7 Å². The molecule has 37 heavy (non-hydrogen) atoms. The quantitative estimate of drug-likeness (QED) is 0.102. The number of hydrogen-bond acceptors (Lipinski definition) is 7. The van der Waals surface area contributed by atoms with E-state index in [1.54, 1.807) is 0 Å². The number of carbonyl (C=O) groups excluding carboxylic acids is 3. The number of amides is 4. The number of rotatable bonds is 16. The molecule has 1 aromatic rings. The normalized spacial score (nSPS) is 20.7. The maximum atomic E-state index is 12.1. The average Bonchev–Trinajstić information content (AvgIpc) is 3.43. The first-order chi connectivity index (χ1) is 17.5. The van der Waals surface area contributed by atoms with Gasteiger partial charge in [-0.3, -0.25) is 9.59 Å². The summed E-state index contributed by atoms with van der Waals surface area (Å²) >= 11 is 6.12. The van der Waals surface area contributed by atoms with Crippen molar-refractivity contribution in [1.82, 2.24) is 21.3 Å². The van der Waals surface area contributed by atoms with Gasteiger partial charge in [0.25, 0.3) is 0 Å². The summed E-state index contributed by atoms with van der Waals surface area (Å²) in [6.45, 7) is 1.36. The molecule has 1 aromatic carbocycles. The number of hydrogen-bond donors (Lipinski definition) is 6. The number of nitrogens with one attached hydrogen (secondary N) is 4. The largest absolute Gasteiger partial charge is 0.492 e. The van der Waals surface area contributed by atoms with Crippen molar-refractivity contribution in [2.45, 2.75) is 74.1 Å². The zero-order valence-corrected chi connectivity index (χ0v) is 23.6. The van der Waals surface area contributed by atoms with Crippen LogP contribution in [0.15, 0.2) is 24.3 Å². The first-order valence-corrected chi connectivity index (χ1v) is 14.5. The van der Waals surface area contributed by atoms with E-state index in [0.717, 1.165) is 49.2 Å². The number of carbonyl (C=O) groups is 3. The van der Waals surface area contributed by atoms with Crippen LogP contribution in [0.3, 0.4) is 0 Å². The smallest absolute Gasteiger partial charge is 0.315 e. The van der Waals surface area contributed by atoms with Gasteiger partial charge in [-0.25, -0.2) is 4.79 Å². The lowest BCUT2D eigenvalue weighted by Crippen LogP contribution is -2.42. The summed E-state index contributed by atoms with van der Waals surface area (Å²) in [7, 11) is 0. The first-order valence-electron chi connectivity index (χ1n) is 12.8. The molecule has 0 aromatic heterocycles. The van der Waals surface area contributed by atoms with Crippen LogP contribution < -0.4 is 31.7 Å². The summed E-state index contributed by atoms with van der Waals surface area (Å²) in [6, 6.07) is 7.53. The van der Waals surface area contributed by atoms with Crippen LogP contribution in [0.5, 0.6) is 5.75 Å². The molecule has 4 atom stereocenters. The highest BCUT2D eigenvalue weighted by atomic mass is 35.5. The van der Waals surface area contributed by atoms with Gasteiger partial charge in [0.2, 0.25) is 11.8 Å². The lowest BCUT2D eigenvalue weighted by atomic mass is 10.0. The molecule has 12 heteroatoms. The van der Waals surface area contributed by atoms with Gasteiger partial charge in [-0.15, -0.1) is 12.4 Å². The summed E-state index contributed by atoms with van der Waals surface area (Å²) in [5.41, 5.74) is 7.10. The van der Waals surface area contributed by atoms with Crippen molar-refractivity contribution in [1.29, 1.82) is 0 Å². The van der Waals surface area contributed by atoms with Crippen LogP contribution in [0.1, 0.15) is 50.5 Å². The van der Waals surface area contributed by atoms with Gasteiger partial charge in [-0.05, 0) is 49.8 Å². The molecule has 2 fully saturated rings. The van der Waals surface area contributed by atoms with Crippen molar-refractivity contribution < 1.29 is 19.1 Å². The van der Waals surface area contributed by atoms with Gasteiger partial charge < -0.3 is 31.7 Å². The summed E-state index contributed by atoms with van der Waals surface area (Å²) in [4.78, 5) is 35.6. The fourth-order valence-corrected chi connectivity index (χ4v) is 6.13. The van der Waals surface area contributed by atoms with E-state index in [0.29, 0.717) is 43.5 Å². The summed E-state index contributed by atoms with van der Waals surface area (Å²) < 4.78 is 5.61. The highest BCUT2D eigenvalue weighted by Gasteiger charge is 2.42. The topological polar surface area (TPSA) is 135 Å². The molecule has 6 N–H and O–H groups in total. The number of urea groups is 1. The van der Waals surface area contributed by atoms with E-state index >= 15 is 0 Å². The molecule has 2 aliphatic heterocycles. The van der Waals surface area contributed by atoms with Crippen molar-refractivity contribution in [2.24, 2.45) is 5.73 Å². The molecular formula is C25H40ClN5O4S2. The van der Waals surface area contributed by atoms with Gasteiger partial charge in [0.1, 0.15) is 12.4 Å². The van der Waals surface area contributed by atoms with Gasteiger partial charge in [0.05, 0.1) is 24.7 Å². The maximum Gasteiger partial charge on any atom is 0.315 e. The number of thiol groups is 1. The Morgan fingerprint density at radius 1 is 1.11 bits per heavy atom. The third-order valence-electron chi connectivity index (χ3n) is 6.46. The molecule has 0 bridgehead atoms. The first kappa shape index (κ1) is 31.4. The minimum Gasteiger partial charge on any atom is -0.492 e. The van der Waals surface area contributed by atoms with Gasteiger partial charge in [0, 0.05) is 29.7 Å².